The Morgan fingerprint density at radius 2 is 2.06 bits per heavy atom. The maximum absolute atomic E-state index is 12.7. The quantitative estimate of drug-likeness (QED) is 0.667. The highest BCUT2D eigenvalue weighted by Gasteiger charge is 2.15. The van der Waals surface area contributed by atoms with Gasteiger partial charge in [-0.05, 0) is 18.6 Å². The first-order valence-electron chi connectivity index (χ1n) is 5.30. The zero-order valence-electron chi connectivity index (χ0n) is 9.23. The van der Waals surface area contributed by atoms with Crippen molar-refractivity contribution in [2.24, 2.45) is 0 Å². The third-order valence-corrected chi connectivity index (χ3v) is 2.39. The van der Waals surface area contributed by atoms with Crippen LogP contribution in [0.2, 0.25) is 0 Å². The topological polar surface area (TPSA) is 65.4 Å². The van der Waals surface area contributed by atoms with Gasteiger partial charge < -0.3 is 15.5 Å². The van der Waals surface area contributed by atoms with E-state index in [1.807, 2.05) is 6.92 Å². The number of aromatic nitrogens is 1. The molecule has 0 fully saturated rings. The van der Waals surface area contributed by atoms with Gasteiger partial charge in [0.1, 0.15) is 5.82 Å². The van der Waals surface area contributed by atoms with E-state index in [-0.39, 0.29) is 31.1 Å². The van der Waals surface area contributed by atoms with E-state index in [1.54, 1.807) is 6.07 Å². The molecule has 5 heteroatoms. The average molecular weight is 228 g/mol. The molecule has 0 aliphatic rings. The summed E-state index contributed by atoms with van der Waals surface area (Å²) >= 11 is 0. The highest BCUT2D eigenvalue weighted by atomic mass is 19.1. The summed E-state index contributed by atoms with van der Waals surface area (Å²) in [6.45, 7) is 1.66. The molecule has 16 heavy (non-hydrogen) atoms. The fraction of sp³-hybridized carbons (Fsp3) is 0.545. The summed E-state index contributed by atoms with van der Waals surface area (Å²) in [5, 5.41) is 21.0. The SMILES string of the molecule is CCC(NC(CO)CO)c1ccc(F)cn1. The van der Waals surface area contributed by atoms with Crippen LogP contribution < -0.4 is 5.32 Å². The summed E-state index contributed by atoms with van der Waals surface area (Å²) in [7, 11) is 0. The van der Waals surface area contributed by atoms with E-state index in [0.717, 1.165) is 12.6 Å². The number of rotatable bonds is 6. The van der Waals surface area contributed by atoms with Crippen molar-refractivity contribution in [2.45, 2.75) is 25.4 Å². The molecule has 0 spiro atoms. The number of nitrogens with one attached hydrogen (secondary N) is 1. The molecule has 3 N–H and O–H groups in total. The molecular weight excluding hydrogens is 211 g/mol. The maximum atomic E-state index is 12.7. The zero-order chi connectivity index (χ0) is 12.0. The normalized spacial score (nSPS) is 13.1. The van der Waals surface area contributed by atoms with Gasteiger partial charge in [-0.15, -0.1) is 0 Å². The van der Waals surface area contributed by atoms with E-state index in [1.165, 1.54) is 6.07 Å². The van der Waals surface area contributed by atoms with Gasteiger partial charge in [0.05, 0.1) is 31.1 Å². The monoisotopic (exact) mass is 228 g/mol. The molecule has 1 atom stereocenters. The van der Waals surface area contributed by atoms with Crippen LogP contribution in [0.1, 0.15) is 25.1 Å². The van der Waals surface area contributed by atoms with E-state index < -0.39 is 0 Å². The Balaban J connectivity index is 2.70. The first-order valence-corrected chi connectivity index (χ1v) is 5.30. The third kappa shape index (κ3) is 3.52. The number of hydrogen-bond acceptors (Lipinski definition) is 4. The lowest BCUT2D eigenvalue weighted by Gasteiger charge is -2.21. The minimum atomic E-state index is -0.378. The van der Waals surface area contributed by atoms with Gasteiger partial charge in [-0.2, -0.15) is 0 Å². The van der Waals surface area contributed by atoms with Gasteiger partial charge in [0.25, 0.3) is 0 Å². The van der Waals surface area contributed by atoms with Crippen molar-refractivity contribution in [1.82, 2.24) is 10.3 Å². The summed E-state index contributed by atoms with van der Waals surface area (Å²) in [6.07, 6.45) is 1.90. The molecule has 1 aromatic heterocycles. The minimum Gasteiger partial charge on any atom is -0.395 e. The Hall–Kier alpha value is -1.04. The molecule has 0 aromatic carbocycles. The molecule has 0 radical (unpaired) electrons. The molecule has 0 amide bonds. The molecular formula is C11H17FN2O2. The van der Waals surface area contributed by atoms with E-state index >= 15 is 0 Å². The highest BCUT2D eigenvalue weighted by Crippen LogP contribution is 2.14. The van der Waals surface area contributed by atoms with Crippen LogP contribution in [0.4, 0.5) is 4.39 Å². The first-order chi connectivity index (χ1) is 7.71. The second-order valence-electron chi connectivity index (χ2n) is 3.59. The number of aliphatic hydroxyl groups is 2. The lowest BCUT2D eigenvalue weighted by molar-refractivity contribution is 0.160. The van der Waals surface area contributed by atoms with E-state index in [2.05, 4.69) is 10.3 Å². The van der Waals surface area contributed by atoms with Crippen molar-refractivity contribution in [1.29, 1.82) is 0 Å². The van der Waals surface area contributed by atoms with Gasteiger partial charge >= 0.3 is 0 Å². The van der Waals surface area contributed by atoms with Crippen LogP contribution >= 0.6 is 0 Å². The minimum absolute atomic E-state index is 0.0927. The van der Waals surface area contributed by atoms with Crippen LogP contribution in [-0.4, -0.2) is 34.5 Å². The van der Waals surface area contributed by atoms with Crippen LogP contribution in [0.3, 0.4) is 0 Å². The highest BCUT2D eigenvalue weighted by molar-refractivity contribution is 5.10. The average Bonchev–Trinajstić information content (AvgIpc) is 2.32. The zero-order valence-corrected chi connectivity index (χ0v) is 9.23. The Morgan fingerprint density at radius 3 is 2.50 bits per heavy atom. The second kappa shape index (κ2) is 6.52. The fourth-order valence-electron chi connectivity index (χ4n) is 1.45. The molecule has 0 saturated heterocycles. The molecule has 1 rings (SSSR count). The molecule has 1 aromatic rings. The number of halogens is 1. The van der Waals surface area contributed by atoms with Gasteiger partial charge in [0.15, 0.2) is 0 Å². The van der Waals surface area contributed by atoms with Crippen molar-refractivity contribution >= 4 is 0 Å². The molecule has 1 heterocycles. The van der Waals surface area contributed by atoms with Gasteiger partial charge in [0.2, 0.25) is 0 Å². The Kier molecular flexibility index (Phi) is 5.31. The largest absolute Gasteiger partial charge is 0.395 e. The predicted molar refractivity (Wildman–Crippen MR) is 58.3 cm³/mol. The standard InChI is InChI=1S/C11H17FN2O2/c1-2-10(14-9(6-15)7-16)11-4-3-8(12)5-13-11/h3-5,9-10,14-16H,2,6-7H2,1H3. The molecule has 0 saturated carbocycles. The third-order valence-electron chi connectivity index (χ3n) is 2.39. The summed E-state index contributed by atoms with van der Waals surface area (Å²) in [5.74, 6) is -0.375. The summed E-state index contributed by atoms with van der Waals surface area (Å²) in [5.41, 5.74) is 0.704. The maximum Gasteiger partial charge on any atom is 0.141 e. The predicted octanol–water partition coefficient (Wildman–Crippen LogP) is 0.615. The molecule has 0 aliphatic heterocycles. The molecule has 90 valence electrons. The number of nitrogens with zero attached hydrogens (tertiary/aromatic N) is 1. The Morgan fingerprint density at radius 1 is 1.38 bits per heavy atom. The molecule has 0 aliphatic carbocycles. The molecule has 1 unspecified atom stereocenters. The van der Waals surface area contributed by atoms with Gasteiger partial charge in [0, 0.05) is 6.04 Å². The van der Waals surface area contributed by atoms with E-state index in [0.29, 0.717) is 5.69 Å². The van der Waals surface area contributed by atoms with Crippen LogP contribution in [0, 0.1) is 5.82 Å². The Bertz CT molecular complexity index is 301. The van der Waals surface area contributed by atoms with E-state index in [4.69, 9.17) is 10.2 Å². The van der Waals surface area contributed by atoms with Crippen LogP contribution in [0.25, 0.3) is 0 Å². The van der Waals surface area contributed by atoms with Gasteiger partial charge in [-0.25, -0.2) is 4.39 Å². The molecule has 4 nitrogen and oxygen atoms in total. The number of hydrogen-bond donors (Lipinski definition) is 3. The fourth-order valence-corrected chi connectivity index (χ4v) is 1.45. The molecule has 0 bridgehead atoms. The summed E-state index contributed by atoms with van der Waals surface area (Å²) < 4.78 is 12.7. The van der Waals surface area contributed by atoms with Crippen molar-refractivity contribution in [3.05, 3.63) is 29.8 Å². The lowest BCUT2D eigenvalue weighted by atomic mass is 10.1. The number of aliphatic hydroxyl groups excluding tert-OH is 2. The van der Waals surface area contributed by atoms with Crippen LogP contribution in [0.5, 0.6) is 0 Å². The van der Waals surface area contributed by atoms with Crippen molar-refractivity contribution in [2.75, 3.05) is 13.2 Å². The summed E-state index contributed by atoms with van der Waals surface area (Å²) in [6, 6.07) is 2.48. The smallest absolute Gasteiger partial charge is 0.141 e. The second-order valence-corrected chi connectivity index (χ2v) is 3.59. The van der Waals surface area contributed by atoms with Crippen LogP contribution in [0.15, 0.2) is 18.3 Å². The lowest BCUT2D eigenvalue weighted by Crippen LogP contribution is -2.38. The van der Waals surface area contributed by atoms with Crippen molar-refractivity contribution < 1.29 is 14.6 Å². The van der Waals surface area contributed by atoms with Crippen molar-refractivity contribution in [3.8, 4) is 0 Å². The Labute approximate surface area is 94.1 Å². The van der Waals surface area contributed by atoms with E-state index in [9.17, 15) is 4.39 Å². The van der Waals surface area contributed by atoms with Gasteiger partial charge in [-0.1, -0.05) is 6.92 Å². The number of pyridine rings is 1. The van der Waals surface area contributed by atoms with Crippen molar-refractivity contribution in [3.63, 3.8) is 0 Å². The van der Waals surface area contributed by atoms with Crippen LogP contribution in [-0.2, 0) is 0 Å². The van der Waals surface area contributed by atoms with Gasteiger partial charge in [-0.3, -0.25) is 4.98 Å². The first kappa shape index (κ1) is 13.0. The summed E-state index contributed by atoms with van der Waals surface area (Å²) in [4.78, 5) is 3.97.